The van der Waals surface area contributed by atoms with E-state index in [2.05, 4.69) is 17.1 Å². The monoisotopic (exact) mass is 347 g/mol. The summed E-state index contributed by atoms with van der Waals surface area (Å²) >= 11 is 0. The highest BCUT2D eigenvalue weighted by atomic mass is 16.5. The van der Waals surface area contributed by atoms with E-state index in [0.29, 0.717) is 22.9 Å². The van der Waals surface area contributed by atoms with E-state index < -0.39 is 0 Å². The number of hydrogen-bond acceptors (Lipinski definition) is 4. The molecule has 0 atom stereocenters. The molecular weight excluding hydrogens is 326 g/mol. The molecule has 5 nitrogen and oxygen atoms in total. The van der Waals surface area contributed by atoms with E-state index in [1.54, 1.807) is 0 Å². The number of amides is 1. The number of nitrogens with zero attached hydrogens (tertiary/aromatic N) is 3. The fourth-order valence-electron chi connectivity index (χ4n) is 3.73. The topological polar surface area (TPSA) is 59.2 Å². The molecule has 0 unspecified atom stereocenters. The van der Waals surface area contributed by atoms with Crippen molar-refractivity contribution < 1.29 is 9.32 Å². The quantitative estimate of drug-likeness (QED) is 0.708. The van der Waals surface area contributed by atoms with E-state index >= 15 is 0 Å². The molecule has 1 aliphatic heterocycles. The highest BCUT2D eigenvalue weighted by molar-refractivity contribution is 6.09. The van der Waals surface area contributed by atoms with Gasteiger partial charge < -0.3 is 9.42 Å². The Kier molecular flexibility index (Phi) is 3.55. The van der Waals surface area contributed by atoms with Gasteiger partial charge in [-0.05, 0) is 38.7 Å². The van der Waals surface area contributed by atoms with Gasteiger partial charge in [0.25, 0.3) is 11.6 Å². The molecule has 2 aliphatic rings. The summed E-state index contributed by atoms with van der Waals surface area (Å²) in [5, 5.41) is 5.02. The van der Waals surface area contributed by atoms with Crippen molar-refractivity contribution in [2.45, 2.75) is 38.5 Å². The largest absolute Gasteiger partial charge is 0.339 e. The predicted octanol–water partition coefficient (Wildman–Crippen LogP) is 4.31. The number of carbonyl (C=O) groups is 1. The summed E-state index contributed by atoms with van der Waals surface area (Å²) in [4.78, 5) is 19.8. The van der Waals surface area contributed by atoms with Crippen molar-refractivity contribution >= 4 is 17.0 Å². The zero-order valence-electron chi connectivity index (χ0n) is 14.9. The van der Waals surface area contributed by atoms with Gasteiger partial charge in [-0.25, -0.2) is 4.98 Å². The third-order valence-corrected chi connectivity index (χ3v) is 5.41. The van der Waals surface area contributed by atoms with Crippen molar-refractivity contribution in [3.8, 4) is 11.3 Å². The molecule has 1 saturated heterocycles. The van der Waals surface area contributed by atoms with Crippen LogP contribution in [0.5, 0.6) is 0 Å². The summed E-state index contributed by atoms with van der Waals surface area (Å²) in [5.41, 5.74) is 4.97. The number of pyridine rings is 1. The average molecular weight is 347 g/mol. The first-order valence-electron chi connectivity index (χ1n) is 9.37. The van der Waals surface area contributed by atoms with Crippen LogP contribution >= 0.6 is 0 Å². The molecule has 1 amide bonds. The first-order chi connectivity index (χ1) is 12.7. The highest BCUT2D eigenvalue weighted by Gasteiger charge is 2.31. The summed E-state index contributed by atoms with van der Waals surface area (Å²) < 4.78 is 5.57. The second kappa shape index (κ2) is 5.94. The minimum absolute atomic E-state index is 0.0772. The SMILES string of the molecule is Cc1ccc(-c2noc3nc(C4CC4)cc(C(=O)N4CCCC4)c23)cc1. The number of benzene rings is 1. The Morgan fingerprint density at radius 3 is 2.58 bits per heavy atom. The summed E-state index contributed by atoms with van der Waals surface area (Å²) in [7, 11) is 0. The zero-order valence-corrected chi connectivity index (χ0v) is 14.9. The van der Waals surface area contributed by atoms with Crippen LogP contribution in [-0.2, 0) is 0 Å². The highest BCUT2D eigenvalue weighted by Crippen LogP contribution is 2.41. The maximum Gasteiger partial charge on any atom is 0.259 e. The molecule has 26 heavy (non-hydrogen) atoms. The molecule has 0 spiro atoms. The van der Waals surface area contributed by atoms with Crippen LogP contribution in [-0.4, -0.2) is 34.0 Å². The second-order valence-electron chi connectivity index (χ2n) is 7.45. The van der Waals surface area contributed by atoms with Gasteiger partial charge in [-0.1, -0.05) is 35.0 Å². The molecule has 3 heterocycles. The molecule has 0 radical (unpaired) electrons. The molecule has 2 fully saturated rings. The second-order valence-corrected chi connectivity index (χ2v) is 7.45. The normalized spacial score (nSPS) is 17.2. The molecule has 1 aromatic carbocycles. The van der Waals surface area contributed by atoms with Crippen LogP contribution in [0.4, 0.5) is 0 Å². The van der Waals surface area contributed by atoms with Gasteiger partial charge in [0.1, 0.15) is 5.69 Å². The number of fused-ring (bicyclic) bond motifs is 1. The summed E-state index contributed by atoms with van der Waals surface area (Å²) in [5.74, 6) is 0.533. The van der Waals surface area contributed by atoms with Gasteiger partial charge in [-0.3, -0.25) is 4.79 Å². The van der Waals surface area contributed by atoms with Gasteiger partial charge in [-0.15, -0.1) is 0 Å². The van der Waals surface area contributed by atoms with Gasteiger partial charge in [-0.2, -0.15) is 0 Å². The summed E-state index contributed by atoms with van der Waals surface area (Å²) in [6.45, 7) is 3.70. The zero-order chi connectivity index (χ0) is 17.7. The van der Waals surface area contributed by atoms with E-state index in [1.165, 1.54) is 5.56 Å². The summed E-state index contributed by atoms with van der Waals surface area (Å²) in [6, 6.07) is 10.1. The average Bonchev–Trinajstić information content (AvgIpc) is 3.19. The molecule has 0 N–H and O–H groups in total. The van der Waals surface area contributed by atoms with Crippen molar-refractivity contribution in [2.75, 3.05) is 13.1 Å². The van der Waals surface area contributed by atoms with Crippen LogP contribution in [0.15, 0.2) is 34.9 Å². The van der Waals surface area contributed by atoms with Crippen LogP contribution < -0.4 is 0 Å². The Bertz CT molecular complexity index is 980. The van der Waals surface area contributed by atoms with Crippen molar-refractivity contribution in [3.63, 3.8) is 0 Å². The van der Waals surface area contributed by atoms with Crippen molar-refractivity contribution in [2.24, 2.45) is 0 Å². The van der Waals surface area contributed by atoms with Gasteiger partial charge >= 0.3 is 0 Å². The molecule has 0 bridgehead atoms. The van der Waals surface area contributed by atoms with Crippen LogP contribution in [0.3, 0.4) is 0 Å². The fraction of sp³-hybridized carbons (Fsp3) is 0.381. The van der Waals surface area contributed by atoms with Crippen LogP contribution in [0.2, 0.25) is 0 Å². The lowest BCUT2D eigenvalue weighted by molar-refractivity contribution is 0.0794. The first-order valence-corrected chi connectivity index (χ1v) is 9.37. The Hall–Kier alpha value is -2.69. The van der Waals surface area contributed by atoms with Crippen LogP contribution in [0.25, 0.3) is 22.4 Å². The standard InChI is InChI=1S/C21H21N3O2/c1-13-4-6-15(7-5-13)19-18-16(21(25)24-10-2-3-11-24)12-17(14-8-9-14)22-20(18)26-23-19/h4-7,12,14H,2-3,8-11H2,1H3. The van der Waals surface area contributed by atoms with Crippen molar-refractivity contribution in [3.05, 3.63) is 47.2 Å². The van der Waals surface area contributed by atoms with Gasteiger partial charge in [0.05, 0.1) is 10.9 Å². The summed E-state index contributed by atoms with van der Waals surface area (Å²) in [6.07, 6.45) is 4.41. The number of hydrogen-bond donors (Lipinski definition) is 0. The molecule has 5 rings (SSSR count). The molecule has 2 aromatic heterocycles. The van der Waals surface area contributed by atoms with Crippen molar-refractivity contribution in [1.29, 1.82) is 0 Å². The molecule has 3 aromatic rings. The lowest BCUT2D eigenvalue weighted by atomic mass is 10.0. The Morgan fingerprint density at radius 1 is 1.15 bits per heavy atom. The maximum absolute atomic E-state index is 13.2. The molecular formula is C21H21N3O2. The Morgan fingerprint density at radius 2 is 1.88 bits per heavy atom. The number of aromatic nitrogens is 2. The number of likely N-dealkylation sites (tertiary alicyclic amines) is 1. The molecule has 5 heteroatoms. The molecule has 132 valence electrons. The van der Waals surface area contributed by atoms with Gasteiger partial charge in [0.15, 0.2) is 0 Å². The Labute approximate surface area is 152 Å². The Balaban J connectivity index is 1.69. The van der Waals surface area contributed by atoms with E-state index in [4.69, 9.17) is 4.52 Å². The van der Waals surface area contributed by atoms with Gasteiger partial charge in [0, 0.05) is 30.3 Å². The van der Waals surface area contributed by atoms with E-state index in [-0.39, 0.29) is 5.91 Å². The van der Waals surface area contributed by atoms with E-state index in [0.717, 1.165) is 55.4 Å². The minimum atomic E-state index is 0.0772. The van der Waals surface area contributed by atoms with E-state index in [9.17, 15) is 4.79 Å². The van der Waals surface area contributed by atoms with Gasteiger partial charge in [0.2, 0.25) is 0 Å². The first kappa shape index (κ1) is 15.6. The predicted molar refractivity (Wildman–Crippen MR) is 99.1 cm³/mol. The lowest BCUT2D eigenvalue weighted by Crippen LogP contribution is -2.28. The minimum Gasteiger partial charge on any atom is -0.339 e. The molecule has 1 saturated carbocycles. The van der Waals surface area contributed by atoms with E-state index in [1.807, 2.05) is 35.2 Å². The maximum atomic E-state index is 13.2. The number of carbonyl (C=O) groups excluding carboxylic acids is 1. The number of aryl methyl sites for hydroxylation is 1. The molecule has 1 aliphatic carbocycles. The smallest absolute Gasteiger partial charge is 0.259 e. The van der Waals surface area contributed by atoms with Crippen molar-refractivity contribution in [1.82, 2.24) is 15.0 Å². The third-order valence-electron chi connectivity index (χ3n) is 5.41. The lowest BCUT2D eigenvalue weighted by Gasteiger charge is -2.16. The third kappa shape index (κ3) is 2.59. The van der Waals surface area contributed by atoms with Crippen LogP contribution in [0.1, 0.15) is 53.2 Å². The van der Waals surface area contributed by atoms with Crippen LogP contribution in [0, 0.1) is 6.92 Å². The number of rotatable bonds is 3. The fourth-order valence-corrected chi connectivity index (χ4v) is 3.73.